The van der Waals surface area contributed by atoms with Gasteiger partial charge in [0, 0.05) is 11.4 Å². The lowest BCUT2D eigenvalue weighted by Crippen LogP contribution is -2.14. The second-order valence-electron chi connectivity index (χ2n) is 4.92. The number of hydrogen-bond acceptors (Lipinski definition) is 6. The highest BCUT2D eigenvalue weighted by atomic mass is 32.1. The molecule has 108 valence electrons. The van der Waals surface area contributed by atoms with Crippen molar-refractivity contribution < 1.29 is 4.79 Å². The average Bonchev–Trinajstić information content (AvgIpc) is 3.06. The first-order chi connectivity index (χ1) is 10.1. The summed E-state index contributed by atoms with van der Waals surface area (Å²) in [7, 11) is 0. The van der Waals surface area contributed by atoms with Gasteiger partial charge in [-0.05, 0) is 26.8 Å². The van der Waals surface area contributed by atoms with Gasteiger partial charge in [-0.3, -0.25) is 10.1 Å². The molecule has 3 aromatic heterocycles. The second kappa shape index (κ2) is 5.21. The Morgan fingerprint density at radius 2 is 2.24 bits per heavy atom. The second-order valence-corrected chi connectivity index (χ2v) is 5.75. The quantitative estimate of drug-likeness (QED) is 0.803. The van der Waals surface area contributed by atoms with Gasteiger partial charge in [0.1, 0.15) is 5.51 Å². The fourth-order valence-corrected chi connectivity index (χ4v) is 2.51. The van der Waals surface area contributed by atoms with E-state index in [0.717, 1.165) is 11.0 Å². The third-order valence-electron chi connectivity index (χ3n) is 3.07. The number of pyridine rings is 1. The third-order valence-corrected chi connectivity index (χ3v) is 3.68. The molecular formula is C13H14N6OS. The summed E-state index contributed by atoms with van der Waals surface area (Å²) in [5.41, 5.74) is 3.53. The lowest BCUT2D eigenvalue weighted by atomic mass is 10.1. The van der Waals surface area contributed by atoms with Crippen molar-refractivity contribution >= 4 is 33.4 Å². The zero-order valence-corrected chi connectivity index (χ0v) is 12.7. The molecule has 3 rings (SSSR count). The Hall–Kier alpha value is -2.35. The summed E-state index contributed by atoms with van der Waals surface area (Å²) < 4.78 is 1.84. The van der Waals surface area contributed by atoms with Gasteiger partial charge in [0.2, 0.25) is 5.13 Å². The minimum Gasteiger partial charge on any atom is -0.296 e. The molecule has 21 heavy (non-hydrogen) atoms. The van der Waals surface area contributed by atoms with Crippen molar-refractivity contribution in [1.82, 2.24) is 25.0 Å². The Balaban J connectivity index is 1.99. The highest BCUT2D eigenvalue weighted by Gasteiger charge is 2.16. The number of aryl methyl sites for hydroxylation is 1. The molecule has 0 spiro atoms. The zero-order valence-electron chi connectivity index (χ0n) is 11.9. The van der Waals surface area contributed by atoms with E-state index in [2.05, 4.69) is 25.6 Å². The largest absolute Gasteiger partial charge is 0.296 e. The van der Waals surface area contributed by atoms with Crippen LogP contribution in [0.25, 0.3) is 11.0 Å². The number of fused-ring (bicyclic) bond motifs is 1. The van der Waals surface area contributed by atoms with Crippen LogP contribution in [-0.2, 0) is 0 Å². The monoisotopic (exact) mass is 302 g/mol. The topological polar surface area (TPSA) is 85.6 Å². The van der Waals surface area contributed by atoms with Gasteiger partial charge in [0.25, 0.3) is 5.91 Å². The van der Waals surface area contributed by atoms with Crippen LogP contribution in [-0.4, -0.2) is 30.9 Å². The maximum absolute atomic E-state index is 12.3. The molecule has 0 aromatic carbocycles. The van der Waals surface area contributed by atoms with E-state index in [1.807, 2.05) is 25.5 Å². The molecule has 7 nitrogen and oxygen atoms in total. The van der Waals surface area contributed by atoms with Crippen LogP contribution < -0.4 is 5.32 Å². The van der Waals surface area contributed by atoms with Crippen molar-refractivity contribution in [2.75, 3.05) is 5.32 Å². The van der Waals surface area contributed by atoms with Crippen LogP contribution in [0.15, 0.2) is 17.8 Å². The van der Waals surface area contributed by atoms with Crippen molar-refractivity contribution in [3.05, 3.63) is 29.0 Å². The minimum absolute atomic E-state index is 0.218. The van der Waals surface area contributed by atoms with Crippen molar-refractivity contribution in [3.63, 3.8) is 0 Å². The maximum atomic E-state index is 12.3. The Labute approximate surface area is 125 Å². The van der Waals surface area contributed by atoms with E-state index in [1.54, 1.807) is 17.8 Å². The van der Waals surface area contributed by atoms with Gasteiger partial charge in [-0.25, -0.2) is 9.67 Å². The third kappa shape index (κ3) is 2.49. The van der Waals surface area contributed by atoms with Gasteiger partial charge in [-0.2, -0.15) is 5.10 Å². The minimum atomic E-state index is -0.240. The van der Waals surface area contributed by atoms with Crippen LogP contribution in [0.1, 0.15) is 35.9 Å². The smallest absolute Gasteiger partial charge is 0.259 e. The van der Waals surface area contributed by atoms with Gasteiger partial charge >= 0.3 is 0 Å². The van der Waals surface area contributed by atoms with E-state index in [0.29, 0.717) is 16.4 Å². The van der Waals surface area contributed by atoms with Crippen molar-refractivity contribution in [1.29, 1.82) is 0 Å². The van der Waals surface area contributed by atoms with Crippen LogP contribution in [0, 0.1) is 6.92 Å². The molecular weight excluding hydrogens is 288 g/mol. The molecule has 0 unspecified atom stereocenters. The molecule has 0 atom stereocenters. The molecule has 3 heterocycles. The average molecular weight is 302 g/mol. The number of carbonyl (C=O) groups is 1. The summed E-state index contributed by atoms with van der Waals surface area (Å²) in [5, 5.41) is 15.8. The summed E-state index contributed by atoms with van der Waals surface area (Å²) in [6.07, 6.45) is 1.73. The lowest BCUT2D eigenvalue weighted by molar-refractivity contribution is 0.102. The molecule has 0 bridgehead atoms. The molecule has 0 aliphatic rings. The van der Waals surface area contributed by atoms with E-state index in [9.17, 15) is 4.79 Å². The Kier molecular flexibility index (Phi) is 3.38. The number of rotatable bonds is 3. The van der Waals surface area contributed by atoms with Gasteiger partial charge in [-0.15, -0.1) is 10.2 Å². The molecule has 0 aliphatic carbocycles. The summed E-state index contributed by atoms with van der Waals surface area (Å²) in [5.74, 6) is -0.240. The van der Waals surface area contributed by atoms with Crippen LogP contribution in [0.2, 0.25) is 0 Å². The first-order valence-electron chi connectivity index (χ1n) is 6.48. The van der Waals surface area contributed by atoms with Crippen molar-refractivity contribution in [2.45, 2.75) is 26.8 Å². The van der Waals surface area contributed by atoms with Crippen LogP contribution in [0.4, 0.5) is 5.13 Å². The summed E-state index contributed by atoms with van der Waals surface area (Å²) in [6, 6.07) is 2.02. The van der Waals surface area contributed by atoms with Gasteiger partial charge in [0.05, 0.1) is 17.5 Å². The van der Waals surface area contributed by atoms with Crippen LogP contribution in [0.3, 0.4) is 0 Å². The molecule has 3 aromatic rings. The molecule has 0 fully saturated rings. The van der Waals surface area contributed by atoms with Crippen molar-refractivity contribution in [2.24, 2.45) is 0 Å². The molecule has 0 radical (unpaired) electrons. The highest BCUT2D eigenvalue weighted by Crippen LogP contribution is 2.20. The van der Waals surface area contributed by atoms with E-state index in [1.165, 1.54) is 11.3 Å². The van der Waals surface area contributed by atoms with E-state index in [-0.39, 0.29) is 11.9 Å². The summed E-state index contributed by atoms with van der Waals surface area (Å²) in [6.45, 7) is 5.89. The lowest BCUT2D eigenvalue weighted by Gasteiger charge is -2.08. The summed E-state index contributed by atoms with van der Waals surface area (Å²) in [4.78, 5) is 16.8. The molecule has 1 N–H and O–H groups in total. The number of amides is 1. The van der Waals surface area contributed by atoms with Crippen LogP contribution in [0.5, 0.6) is 0 Å². The maximum Gasteiger partial charge on any atom is 0.259 e. The molecule has 0 saturated heterocycles. The van der Waals surface area contributed by atoms with Crippen LogP contribution >= 0.6 is 11.3 Å². The van der Waals surface area contributed by atoms with E-state index in [4.69, 9.17) is 0 Å². The first kappa shape index (κ1) is 13.6. The normalized spacial score (nSPS) is 11.2. The van der Waals surface area contributed by atoms with Gasteiger partial charge in [-0.1, -0.05) is 11.3 Å². The summed E-state index contributed by atoms with van der Waals surface area (Å²) >= 11 is 1.27. The fraction of sp³-hybridized carbons (Fsp3) is 0.308. The predicted octanol–water partition coefficient (Wildman–Crippen LogP) is 2.42. The molecule has 0 aliphatic heterocycles. The fourth-order valence-electron chi connectivity index (χ4n) is 2.07. The molecule has 0 saturated carbocycles. The predicted molar refractivity (Wildman–Crippen MR) is 80.5 cm³/mol. The van der Waals surface area contributed by atoms with E-state index >= 15 is 0 Å². The Bertz CT molecular complexity index is 792. The molecule has 8 heteroatoms. The van der Waals surface area contributed by atoms with E-state index < -0.39 is 0 Å². The zero-order chi connectivity index (χ0) is 15.0. The standard InChI is InChI=1S/C13H14N6OS/c1-7(2)19-11-9(5-15-19)4-10(8(3)16-11)12(20)17-13-18-14-6-21-13/h4-7H,1-3H3,(H,17,18,20). The number of carbonyl (C=O) groups excluding carboxylic acids is 1. The first-order valence-corrected chi connectivity index (χ1v) is 7.36. The number of nitrogens with zero attached hydrogens (tertiary/aromatic N) is 5. The number of anilines is 1. The Morgan fingerprint density at radius 3 is 2.90 bits per heavy atom. The number of nitrogens with one attached hydrogen (secondary N) is 1. The van der Waals surface area contributed by atoms with Gasteiger partial charge in [0.15, 0.2) is 5.65 Å². The highest BCUT2D eigenvalue weighted by molar-refractivity contribution is 7.13. The number of aromatic nitrogens is 5. The SMILES string of the molecule is Cc1nc2c(cnn2C(C)C)cc1C(=O)Nc1nncs1. The van der Waals surface area contributed by atoms with Gasteiger partial charge < -0.3 is 0 Å². The Morgan fingerprint density at radius 1 is 1.43 bits per heavy atom. The van der Waals surface area contributed by atoms with Crippen molar-refractivity contribution in [3.8, 4) is 0 Å². The molecule has 1 amide bonds. The number of hydrogen-bond donors (Lipinski definition) is 1.